The Kier molecular flexibility index (Phi) is 3.07. The highest BCUT2D eigenvalue weighted by atomic mass is 35.5. The van der Waals surface area contributed by atoms with Crippen molar-refractivity contribution >= 4 is 35.1 Å². The topological polar surface area (TPSA) is 89.4 Å². The Balaban J connectivity index is 2.17. The van der Waals surface area contributed by atoms with Crippen LogP contribution in [0.25, 0.3) is 6.08 Å². The molecule has 0 bridgehead atoms. The average molecular weight is 296 g/mol. The summed E-state index contributed by atoms with van der Waals surface area (Å²) < 4.78 is 0. The number of fused-ring (bicyclic) bond motifs is 3. The van der Waals surface area contributed by atoms with Crippen LogP contribution in [0.5, 0.6) is 0 Å². The van der Waals surface area contributed by atoms with Gasteiger partial charge in [-0.1, -0.05) is 17.7 Å². The molecule has 2 heterocycles. The summed E-state index contributed by atoms with van der Waals surface area (Å²) in [6, 6.07) is 5.18. The number of hydroxylamine groups is 1. The van der Waals surface area contributed by atoms with E-state index in [1.54, 1.807) is 29.8 Å². The minimum atomic E-state index is -0.672. The van der Waals surface area contributed by atoms with Crippen molar-refractivity contribution in [2.24, 2.45) is 5.10 Å². The monoisotopic (exact) mass is 295 g/mol. The molecule has 1 aromatic rings. The molecule has 8 nitrogen and oxygen atoms in total. The van der Waals surface area contributed by atoms with Gasteiger partial charge in [0.15, 0.2) is 5.84 Å². The number of nitrogens with zero attached hydrogens (tertiary/aromatic N) is 3. The fourth-order valence-corrected chi connectivity index (χ4v) is 2.21. The van der Waals surface area contributed by atoms with Crippen molar-refractivity contribution in [3.63, 3.8) is 0 Å². The highest BCUT2D eigenvalue weighted by Crippen LogP contribution is 2.34. The van der Waals surface area contributed by atoms with Crippen molar-refractivity contribution in [1.82, 2.24) is 16.3 Å². The first-order valence-corrected chi connectivity index (χ1v) is 5.97. The van der Waals surface area contributed by atoms with Gasteiger partial charge in [0.05, 0.1) is 18.4 Å². The number of amides is 1. The third kappa shape index (κ3) is 1.82. The molecule has 20 heavy (non-hydrogen) atoms. The van der Waals surface area contributed by atoms with Crippen LogP contribution in [0.4, 0.5) is 5.69 Å². The fourth-order valence-electron chi connectivity index (χ4n) is 2.05. The van der Waals surface area contributed by atoms with E-state index in [1.807, 2.05) is 0 Å². The number of hydrazone groups is 1. The molecule has 0 aliphatic carbocycles. The number of nitrogens with one attached hydrogen (secondary N) is 2. The first kappa shape index (κ1) is 12.9. The molecule has 0 radical (unpaired) electrons. The van der Waals surface area contributed by atoms with Crippen molar-refractivity contribution in [3.8, 4) is 0 Å². The zero-order valence-electron chi connectivity index (χ0n) is 10.3. The molecule has 0 unspecified atom stereocenters. The molecule has 3 rings (SSSR count). The molecular weight excluding hydrogens is 286 g/mol. The van der Waals surface area contributed by atoms with Crippen LogP contribution in [-0.4, -0.2) is 29.3 Å². The number of hydrazine groups is 2. The molecule has 1 amide bonds. The SMILES string of the molecule is CON1NN=C2C(C(=O)NO)=Cc3ccc(Cl)cc3N21. The van der Waals surface area contributed by atoms with Crippen LogP contribution in [0, 0.1) is 0 Å². The van der Waals surface area contributed by atoms with Gasteiger partial charge in [0.1, 0.15) is 0 Å². The van der Waals surface area contributed by atoms with Crippen molar-refractivity contribution < 1.29 is 14.8 Å². The Morgan fingerprint density at radius 2 is 2.35 bits per heavy atom. The van der Waals surface area contributed by atoms with Gasteiger partial charge in [0.25, 0.3) is 5.91 Å². The number of carbonyl (C=O) groups is 1. The lowest BCUT2D eigenvalue weighted by atomic mass is 10.0. The van der Waals surface area contributed by atoms with Gasteiger partial charge >= 0.3 is 0 Å². The Morgan fingerprint density at radius 3 is 3.05 bits per heavy atom. The highest BCUT2D eigenvalue weighted by Gasteiger charge is 2.37. The molecule has 2 aliphatic heterocycles. The number of anilines is 1. The lowest BCUT2D eigenvalue weighted by Crippen LogP contribution is -2.48. The van der Waals surface area contributed by atoms with Gasteiger partial charge in [-0.2, -0.15) is 5.53 Å². The number of rotatable bonds is 2. The van der Waals surface area contributed by atoms with E-state index in [1.165, 1.54) is 17.4 Å². The summed E-state index contributed by atoms with van der Waals surface area (Å²) >= 11 is 6.00. The maximum Gasteiger partial charge on any atom is 0.278 e. The Morgan fingerprint density at radius 1 is 1.55 bits per heavy atom. The van der Waals surface area contributed by atoms with Crippen LogP contribution < -0.4 is 16.0 Å². The third-order valence-electron chi connectivity index (χ3n) is 2.90. The number of hydrogen-bond acceptors (Lipinski definition) is 7. The number of benzene rings is 1. The number of carbonyl (C=O) groups excluding carboxylic acids is 1. The maximum absolute atomic E-state index is 11.7. The molecule has 0 saturated heterocycles. The van der Waals surface area contributed by atoms with Gasteiger partial charge in [-0.05, 0) is 18.2 Å². The lowest BCUT2D eigenvalue weighted by molar-refractivity contribution is -0.161. The maximum atomic E-state index is 11.7. The van der Waals surface area contributed by atoms with Crippen molar-refractivity contribution in [3.05, 3.63) is 34.4 Å². The minimum absolute atomic E-state index is 0.189. The summed E-state index contributed by atoms with van der Waals surface area (Å²) in [6.45, 7) is 0. The quantitative estimate of drug-likeness (QED) is 0.548. The third-order valence-corrected chi connectivity index (χ3v) is 3.14. The second kappa shape index (κ2) is 4.76. The molecule has 0 atom stereocenters. The average Bonchev–Trinajstić information content (AvgIpc) is 2.90. The second-order valence-electron chi connectivity index (χ2n) is 4.00. The molecule has 104 valence electrons. The van der Waals surface area contributed by atoms with E-state index in [-0.39, 0.29) is 11.4 Å². The number of hydrogen-bond donors (Lipinski definition) is 3. The first-order valence-electron chi connectivity index (χ1n) is 5.59. The van der Waals surface area contributed by atoms with Crippen LogP contribution in [0.1, 0.15) is 5.56 Å². The molecule has 0 fully saturated rings. The lowest BCUT2D eigenvalue weighted by Gasteiger charge is -2.30. The zero-order chi connectivity index (χ0) is 14.3. The first-order chi connectivity index (χ1) is 9.65. The predicted molar refractivity (Wildman–Crippen MR) is 71.3 cm³/mol. The van der Waals surface area contributed by atoms with Crippen molar-refractivity contribution in [2.75, 3.05) is 12.1 Å². The van der Waals surface area contributed by atoms with Crippen LogP contribution in [0.15, 0.2) is 28.9 Å². The molecule has 1 aromatic carbocycles. The van der Waals surface area contributed by atoms with Gasteiger partial charge < -0.3 is 0 Å². The van der Waals surface area contributed by atoms with E-state index in [4.69, 9.17) is 21.6 Å². The van der Waals surface area contributed by atoms with E-state index < -0.39 is 5.91 Å². The Hall–Kier alpha value is -2.13. The fraction of sp³-hybridized carbons (Fsp3) is 0.0909. The van der Waals surface area contributed by atoms with Gasteiger partial charge in [0, 0.05) is 15.9 Å². The molecule has 3 N–H and O–H groups in total. The molecular formula is C11H10ClN5O3. The molecule has 0 aromatic heterocycles. The van der Waals surface area contributed by atoms with Crippen LogP contribution >= 0.6 is 11.6 Å². The number of halogens is 1. The summed E-state index contributed by atoms with van der Waals surface area (Å²) in [7, 11) is 1.44. The van der Waals surface area contributed by atoms with Crippen molar-refractivity contribution in [1.29, 1.82) is 0 Å². The summed E-state index contributed by atoms with van der Waals surface area (Å²) in [4.78, 5) is 16.8. The van der Waals surface area contributed by atoms with Crippen LogP contribution in [0.2, 0.25) is 5.02 Å². The summed E-state index contributed by atoms with van der Waals surface area (Å²) in [6.07, 6.45) is 1.60. The van der Waals surface area contributed by atoms with Gasteiger partial charge in [-0.25, -0.2) is 10.5 Å². The van der Waals surface area contributed by atoms with E-state index in [0.29, 0.717) is 10.7 Å². The number of amidine groups is 1. The normalized spacial score (nSPS) is 16.9. The minimum Gasteiger partial charge on any atom is -0.288 e. The van der Waals surface area contributed by atoms with E-state index in [9.17, 15) is 4.79 Å². The van der Waals surface area contributed by atoms with Crippen LogP contribution in [-0.2, 0) is 9.63 Å². The molecule has 0 spiro atoms. The Labute approximate surface area is 118 Å². The van der Waals surface area contributed by atoms with Crippen LogP contribution in [0.3, 0.4) is 0 Å². The predicted octanol–water partition coefficient (Wildman–Crippen LogP) is 0.659. The zero-order valence-corrected chi connectivity index (χ0v) is 11.0. The molecule has 9 heteroatoms. The van der Waals surface area contributed by atoms with E-state index in [2.05, 4.69) is 10.6 Å². The van der Waals surface area contributed by atoms with Gasteiger partial charge in [-0.3, -0.25) is 14.8 Å². The molecule has 2 aliphatic rings. The molecule has 0 saturated carbocycles. The summed E-state index contributed by atoms with van der Waals surface area (Å²) in [5, 5.41) is 16.1. The largest absolute Gasteiger partial charge is 0.288 e. The van der Waals surface area contributed by atoms with E-state index >= 15 is 0 Å². The van der Waals surface area contributed by atoms with Gasteiger partial charge in [-0.15, -0.1) is 5.10 Å². The summed E-state index contributed by atoms with van der Waals surface area (Å²) in [5.41, 5.74) is 5.81. The van der Waals surface area contributed by atoms with Gasteiger partial charge in [0.2, 0.25) is 0 Å². The standard InChI is InChI=1S/C11H10ClN5O3/c1-20-17-15-13-10-8(11(18)14-19)4-6-2-3-7(12)5-9(6)16(10)17/h2-5,15,19H,1H3,(H,14,18). The smallest absolute Gasteiger partial charge is 0.278 e. The Bertz CT molecular complexity index is 645. The van der Waals surface area contributed by atoms with Crippen molar-refractivity contribution in [2.45, 2.75) is 0 Å². The summed E-state index contributed by atoms with van der Waals surface area (Å²) in [5.74, 6) is -0.387. The highest BCUT2D eigenvalue weighted by molar-refractivity contribution is 6.33. The van der Waals surface area contributed by atoms with E-state index in [0.717, 1.165) is 5.56 Å². The second-order valence-corrected chi connectivity index (χ2v) is 4.44.